The standard InChI is InChI=1S/C10H17N3O2/c1-10(2,3)12-9-11-8(13-15-9)7-4-5-14-6-7/h7H,4-6H2,1-3H3,(H,11,12,13). The zero-order valence-corrected chi connectivity index (χ0v) is 9.41. The molecule has 5 heteroatoms. The van der Waals surface area contributed by atoms with Crippen LogP contribution >= 0.6 is 0 Å². The fourth-order valence-corrected chi connectivity index (χ4v) is 1.51. The molecule has 0 bridgehead atoms. The number of hydrogen-bond acceptors (Lipinski definition) is 5. The number of ether oxygens (including phenoxy) is 1. The first kappa shape index (κ1) is 10.4. The Bertz CT molecular complexity index is 324. The molecule has 0 radical (unpaired) electrons. The van der Waals surface area contributed by atoms with Gasteiger partial charge in [-0.2, -0.15) is 4.98 Å². The van der Waals surface area contributed by atoms with Crippen LogP contribution in [0.1, 0.15) is 38.9 Å². The molecule has 0 amide bonds. The van der Waals surface area contributed by atoms with Gasteiger partial charge in [-0.25, -0.2) is 0 Å². The van der Waals surface area contributed by atoms with Crippen molar-refractivity contribution in [3.05, 3.63) is 5.82 Å². The monoisotopic (exact) mass is 211 g/mol. The summed E-state index contributed by atoms with van der Waals surface area (Å²) in [6, 6.07) is 0.490. The maximum atomic E-state index is 5.28. The van der Waals surface area contributed by atoms with Crippen LogP contribution in [0.3, 0.4) is 0 Å². The first-order valence-corrected chi connectivity index (χ1v) is 5.24. The van der Waals surface area contributed by atoms with E-state index in [2.05, 4.69) is 36.2 Å². The van der Waals surface area contributed by atoms with Gasteiger partial charge in [0.2, 0.25) is 0 Å². The molecule has 1 saturated heterocycles. The minimum Gasteiger partial charge on any atom is -0.381 e. The molecule has 2 rings (SSSR count). The molecule has 0 aliphatic carbocycles. The Labute approximate surface area is 89.2 Å². The predicted octanol–water partition coefficient (Wildman–Crippen LogP) is 1.78. The Kier molecular flexibility index (Phi) is 2.65. The molecule has 1 aromatic heterocycles. The average molecular weight is 211 g/mol. The van der Waals surface area contributed by atoms with Gasteiger partial charge in [-0.05, 0) is 27.2 Å². The molecule has 5 nitrogen and oxygen atoms in total. The fraction of sp³-hybridized carbons (Fsp3) is 0.800. The Morgan fingerprint density at radius 2 is 2.20 bits per heavy atom. The molecule has 0 aromatic carbocycles. The smallest absolute Gasteiger partial charge is 0.321 e. The van der Waals surface area contributed by atoms with Gasteiger partial charge in [0, 0.05) is 18.1 Å². The molecule has 1 aliphatic heterocycles. The number of rotatable bonds is 2. The van der Waals surface area contributed by atoms with Gasteiger partial charge in [-0.15, -0.1) is 0 Å². The highest BCUT2D eigenvalue weighted by Crippen LogP contribution is 2.24. The molecular formula is C10H17N3O2. The molecule has 1 unspecified atom stereocenters. The Balaban J connectivity index is 2.03. The lowest BCUT2D eigenvalue weighted by Gasteiger charge is -2.17. The molecule has 1 fully saturated rings. The van der Waals surface area contributed by atoms with Crippen LogP contribution in [0.25, 0.3) is 0 Å². The van der Waals surface area contributed by atoms with Crippen LogP contribution in [0.4, 0.5) is 6.01 Å². The number of nitrogens with zero attached hydrogens (tertiary/aromatic N) is 2. The third-order valence-electron chi connectivity index (χ3n) is 2.22. The van der Waals surface area contributed by atoms with E-state index in [-0.39, 0.29) is 5.54 Å². The molecule has 15 heavy (non-hydrogen) atoms. The van der Waals surface area contributed by atoms with Gasteiger partial charge in [0.1, 0.15) is 0 Å². The summed E-state index contributed by atoms with van der Waals surface area (Å²) in [4.78, 5) is 4.31. The fourth-order valence-electron chi connectivity index (χ4n) is 1.51. The number of hydrogen-bond donors (Lipinski definition) is 1. The summed E-state index contributed by atoms with van der Waals surface area (Å²) in [6.07, 6.45) is 0.981. The number of aromatic nitrogens is 2. The summed E-state index contributed by atoms with van der Waals surface area (Å²) in [7, 11) is 0. The lowest BCUT2D eigenvalue weighted by molar-refractivity contribution is 0.192. The zero-order chi connectivity index (χ0) is 10.9. The summed E-state index contributed by atoms with van der Waals surface area (Å²) in [6.45, 7) is 7.65. The summed E-state index contributed by atoms with van der Waals surface area (Å²) in [5, 5.41) is 7.10. The second kappa shape index (κ2) is 3.81. The summed E-state index contributed by atoms with van der Waals surface area (Å²) in [5.41, 5.74) is -0.0595. The van der Waals surface area contributed by atoms with Crippen LogP contribution in [-0.4, -0.2) is 28.9 Å². The minimum atomic E-state index is -0.0595. The van der Waals surface area contributed by atoms with Crippen molar-refractivity contribution in [2.24, 2.45) is 0 Å². The minimum absolute atomic E-state index is 0.0595. The van der Waals surface area contributed by atoms with E-state index in [1.807, 2.05) is 0 Å². The van der Waals surface area contributed by atoms with E-state index in [4.69, 9.17) is 9.26 Å². The number of anilines is 1. The van der Waals surface area contributed by atoms with Crippen molar-refractivity contribution < 1.29 is 9.26 Å². The Morgan fingerprint density at radius 3 is 2.80 bits per heavy atom. The van der Waals surface area contributed by atoms with Crippen molar-refractivity contribution >= 4 is 6.01 Å². The summed E-state index contributed by atoms with van der Waals surface area (Å²) < 4.78 is 10.4. The second-order valence-corrected chi connectivity index (χ2v) is 4.89. The van der Waals surface area contributed by atoms with Gasteiger partial charge in [0.05, 0.1) is 6.61 Å². The average Bonchev–Trinajstić information content (AvgIpc) is 2.68. The van der Waals surface area contributed by atoms with E-state index in [0.717, 1.165) is 18.9 Å². The van der Waals surface area contributed by atoms with Crippen molar-refractivity contribution in [3.63, 3.8) is 0 Å². The van der Waals surface area contributed by atoms with E-state index in [1.165, 1.54) is 0 Å². The molecule has 2 heterocycles. The largest absolute Gasteiger partial charge is 0.381 e. The van der Waals surface area contributed by atoms with E-state index in [0.29, 0.717) is 18.5 Å². The van der Waals surface area contributed by atoms with Crippen molar-refractivity contribution in [2.75, 3.05) is 18.5 Å². The molecule has 84 valence electrons. The first-order valence-electron chi connectivity index (χ1n) is 5.24. The summed E-state index contributed by atoms with van der Waals surface area (Å²) in [5.74, 6) is 1.04. The molecule has 0 saturated carbocycles. The SMILES string of the molecule is CC(C)(C)Nc1nc(C2CCOC2)no1. The molecule has 1 aromatic rings. The predicted molar refractivity (Wildman–Crippen MR) is 55.9 cm³/mol. The highest BCUT2D eigenvalue weighted by molar-refractivity contribution is 5.23. The lowest BCUT2D eigenvalue weighted by atomic mass is 10.1. The first-order chi connectivity index (χ1) is 7.04. The Morgan fingerprint density at radius 1 is 1.40 bits per heavy atom. The highest BCUT2D eigenvalue weighted by atomic mass is 16.5. The van der Waals surface area contributed by atoms with Crippen LogP contribution in [0.2, 0.25) is 0 Å². The third kappa shape index (κ3) is 2.68. The van der Waals surface area contributed by atoms with Gasteiger partial charge in [0.15, 0.2) is 5.82 Å². The van der Waals surface area contributed by atoms with E-state index in [1.54, 1.807) is 0 Å². The normalized spacial score (nSPS) is 21.9. The van der Waals surface area contributed by atoms with Gasteiger partial charge in [-0.1, -0.05) is 5.16 Å². The maximum absolute atomic E-state index is 5.28. The van der Waals surface area contributed by atoms with Gasteiger partial charge < -0.3 is 14.6 Å². The summed E-state index contributed by atoms with van der Waals surface area (Å²) >= 11 is 0. The van der Waals surface area contributed by atoms with Crippen molar-refractivity contribution in [2.45, 2.75) is 38.6 Å². The molecular weight excluding hydrogens is 194 g/mol. The third-order valence-corrected chi connectivity index (χ3v) is 2.22. The molecule has 1 N–H and O–H groups in total. The van der Waals surface area contributed by atoms with E-state index < -0.39 is 0 Å². The van der Waals surface area contributed by atoms with E-state index >= 15 is 0 Å². The van der Waals surface area contributed by atoms with Gasteiger partial charge in [-0.3, -0.25) is 0 Å². The van der Waals surface area contributed by atoms with Crippen molar-refractivity contribution in [1.82, 2.24) is 10.1 Å². The van der Waals surface area contributed by atoms with Crippen LogP contribution in [0.15, 0.2) is 4.52 Å². The zero-order valence-electron chi connectivity index (χ0n) is 9.41. The lowest BCUT2D eigenvalue weighted by Crippen LogP contribution is -2.26. The molecule has 1 aliphatic rings. The van der Waals surface area contributed by atoms with E-state index in [9.17, 15) is 0 Å². The van der Waals surface area contributed by atoms with Crippen LogP contribution in [0.5, 0.6) is 0 Å². The van der Waals surface area contributed by atoms with Crippen LogP contribution < -0.4 is 5.32 Å². The maximum Gasteiger partial charge on any atom is 0.321 e. The Hall–Kier alpha value is -1.10. The van der Waals surface area contributed by atoms with Crippen LogP contribution in [-0.2, 0) is 4.74 Å². The van der Waals surface area contributed by atoms with Gasteiger partial charge >= 0.3 is 6.01 Å². The molecule has 1 atom stereocenters. The van der Waals surface area contributed by atoms with Crippen molar-refractivity contribution in [3.8, 4) is 0 Å². The van der Waals surface area contributed by atoms with Crippen LogP contribution in [0, 0.1) is 0 Å². The second-order valence-electron chi connectivity index (χ2n) is 4.89. The highest BCUT2D eigenvalue weighted by Gasteiger charge is 2.24. The molecule has 0 spiro atoms. The quantitative estimate of drug-likeness (QED) is 0.808. The topological polar surface area (TPSA) is 60.2 Å². The number of nitrogens with one attached hydrogen (secondary N) is 1. The van der Waals surface area contributed by atoms with Crippen molar-refractivity contribution in [1.29, 1.82) is 0 Å². The van der Waals surface area contributed by atoms with Gasteiger partial charge in [0.25, 0.3) is 0 Å².